The summed E-state index contributed by atoms with van der Waals surface area (Å²) in [6.45, 7) is 0.651. The molecule has 6 heteroatoms. The van der Waals surface area contributed by atoms with Gasteiger partial charge in [-0.3, -0.25) is 4.79 Å². The molecule has 1 saturated carbocycles. The van der Waals surface area contributed by atoms with Crippen molar-refractivity contribution in [1.82, 2.24) is 5.32 Å². The molecule has 23 heavy (non-hydrogen) atoms. The summed E-state index contributed by atoms with van der Waals surface area (Å²) in [6, 6.07) is 5.95. The molecule has 1 aromatic carbocycles. The second-order valence-corrected chi connectivity index (χ2v) is 5.82. The van der Waals surface area contributed by atoms with Crippen LogP contribution < -0.4 is 20.5 Å². The molecule has 0 bridgehead atoms. The van der Waals surface area contributed by atoms with Crippen molar-refractivity contribution < 1.29 is 14.3 Å². The lowest BCUT2D eigenvalue weighted by molar-refractivity contribution is -0.122. The number of ether oxygens (including phenoxy) is 2. The third-order valence-corrected chi connectivity index (χ3v) is 4.36. The molecule has 1 fully saturated rings. The molecule has 0 heterocycles. The van der Waals surface area contributed by atoms with Gasteiger partial charge in [-0.25, -0.2) is 0 Å². The predicted octanol–water partition coefficient (Wildman–Crippen LogP) is 2.30. The number of nitrogens with two attached hydrogens (primary N) is 1. The number of benzene rings is 1. The molecule has 0 aliphatic heterocycles. The molecule has 2 rings (SSSR count). The average Bonchev–Trinajstić information content (AvgIpc) is 2.99. The van der Waals surface area contributed by atoms with Gasteiger partial charge in [0.2, 0.25) is 5.91 Å². The normalized spacial score (nSPS) is 19.8. The van der Waals surface area contributed by atoms with E-state index in [1.807, 2.05) is 18.2 Å². The minimum Gasteiger partial charge on any atom is -0.497 e. The van der Waals surface area contributed by atoms with Crippen molar-refractivity contribution in [3.63, 3.8) is 0 Å². The van der Waals surface area contributed by atoms with Crippen molar-refractivity contribution in [1.29, 1.82) is 0 Å². The van der Waals surface area contributed by atoms with Crippen LogP contribution in [0.4, 0.5) is 0 Å². The summed E-state index contributed by atoms with van der Waals surface area (Å²) in [5.41, 5.74) is 6.79. The van der Waals surface area contributed by atoms with Crippen molar-refractivity contribution in [3.05, 3.63) is 23.8 Å². The maximum atomic E-state index is 12.1. The first-order valence-corrected chi connectivity index (χ1v) is 7.87. The zero-order valence-electron chi connectivity index (χ0n) is 13.8. The molecular formula is C17H27ClN2O3. The monoisotopic (exact) mass is 342 g/mol. The SMILES string of the molecule is COc1cc(CCC(=O)NC2CCCC2CN)cc(OC)c1.Cl. The van der Waals surface area contributed by atoms with E-state index in [0.717, 1.165) is 36.3 Å². The summed E-state index contributed by atoms with van der Waals surface area (Å²) in [7, 11) is 3.25. The van der Waals surface area contributed by atoms with E-state index < -0.39 is 0 Å². The highest BCUT2D eigenvalue weighted by Gasteiger charge is 2.27. The molecule has 0 spiro atoms. The molecule has 1 aliphatic carbocycles. The van der Waals surface area contributed by atoms with Gasteiger partial charge in [-0.2, -0.15) is 0 Å². The summed E-state index contributed by atoms with van der Waals surface area (Å²) < 4.78 is 10.5. The van der Waals surface area contributed by atoms with Crippen molar-refractivity contribution >= 4 is 18.3 Å². The van der Waals surface area contributed by atoms with E-state index in [4.69, 9.17) is 15.2 Å². The fourth-order valence-corrected chi connectivity index (χ4v) is 3.06. The van der Waals surface area contributed by atoms with Gasteiger partial charge in [0.1, 0.15) is 11.5 Å². The molecule has 1 amide bonds. The van der Waals surface area contributed by atoms with Crippen LogP contribution in [0.3, 0.4) is 0 Å². The van der Waals surface area contributed by atoms with Crippen molar-refractivity contribution in [3.8, 4) is 11.5 Å². The Morgan fingerprint density at radius 1 is 1.22 bits per heavy atom. The Bertz CT molecular complexity index is 488. The highest BCUT2D eigenvalue weighted by atomic mass is 35.5. The van der Waals surface area contributed by atoms with E-state index >= 15 is 0 Å². The lowest BCUT2D eigenvalue weighted by Gasteiger charge is -2.19. The summed E-state index contributed by atoms with van der Waals surface area (Å²) in [5, 5.41) is 3.13. The van der Waals surface area contributed by atoms with Gasteiger partial charge in [-0.05, 0) is 49.4 Å². The highest BCUT2D eigenvalue weighted by Crippen LogP contribution is 2.25. The molecule has 0 saturated heterocycles. The van der Waals surface area contributed by atoms with E-state index in [2.05, 4.69) is 5.32 Å². The Balaban J connectivity index is 0.00000264. The van der Waals surface area contributed by atoms with Gasteiger partial charge in [-0.1, -0.05) is 6.42 Å². The maximum absolute atomic E-state index is 12.1. The number of carbonyl (C=O) groups is 1. The number of hydrogen-bond donors (Lipinski definition) is 2. The first-order chi connectivity index (χ1) is 10.7. The summed E-state index contributed by atoms with van der Waals surface area (Å²) in [5.74, 6) is 2.01. The number of methoxy groups -OCH3 is 2. The smallest absolute Gasteiger partial charge is 0.220 e. The Morgan fingerprint density at radius 3 is 2.43 bits per heavy atom. The van der Waals surface area contributed by atoms with Crippen LogP contribution in [0.5, 0.6) is 11.5 Å². The fourth-order valence-electron chi connectivity index (χ4n) is 3.06. The largest absolute Gasteiger partial charge is 0.497 e. The van der Waals surface area contributed by atoms with Crippen molar-refractivity contribution in [2.75, 3.05) is 20.8 Å². The standard InChI is InChI=1S/C17H26N2O3.ClH/c1-21-14-8-12(9-15(10-14)22-2)6-7-17(20)19-16-5-3-4-13(16)11-18;/h8-10,13,16H,3-7,11,18H2,1-2H3,(H,19,20);1H. The van der Waals surface area contributed by atoms with Crippen molar-refractivity contribution in [2.45, 2.75) is 38.1 Å². The molecule has 2 atom stereocenters. The highest BCUT2D eigenvalue weighted by molar-refractivity contribution is 5.85. The second kappa shape index (κ2) is 9.63. The van der Waals surface area contributed by atoms with E-state index in [1.54, 1.807) is 14.2 Å². The number of hydrogen-bond acceptors (Lipinski definition) is 4. The molecular weight excluding hydrogens is 316 g/mol. The average molecular weight is 343 g/mol. The van der Waals surface area contributed by atoms with Crippen LogP contribution in [0.1, 0.15) is 31.2 Å². The first-order valence-electron chi connectivity index (χ1n) is 7.87. The van der Waals surface area contributed by atoms with Crippen LogP contribution in [0.25, 0.3) is 0 Å². The second-order valence-electron chi connectivity index (χ2n) is 5.82. The van der Waals surface area contributed by atoms with Gasteiger partial charge in [-0.15, -0.1) is 12.4 Å². The van der Waals surface area contributed by atoms with E-state index in [9.17, 15) is 4.79 Å². The minimum atomic E-state index is 0. The molecule has 0 radical (unpaired) electrons. The number of nitrogens with one attached hydrogen (secondary N) is 1. The van der Waals surface area contributed by atoms with Crippen molar-refractivity contribution in [2.24, 2.45) is 11.7 Å². The number of aryl methyl sites for hydroxylation is 1. The van der Waals surface area contributed by atoms with E-state index in [0.29, 0.717) is 25.3 Å². The molecule has 5 nitrogen and oxygen atoms in total. The first kappa shape index (κ1) is 19.6. The quantitative estimate of drug-likeness (QED) is 0.797. The summed E-state index contributed by atoms with van der Waals surface area (Å²) in [6.07, 6.45) is 4.44. The Kier molecular flexibility index (Phi) is 8.20. The van der Waals surface area contributed by atoms with Crippen LogP contribution in [0, 0.1) is 5.92 Å². The molecule has 1 aliphatic rings. The van der Waals surface area contributed by atoms with Crippen LogP contribution in [0.2, 0.25) is 0 Å². The lowest BCUT2D eigenvalue weighted by atomic mass is 10.0. The number of rotatable bonds is 7. The zero-order valence-corrected chi connectivity index (χ0v) is 14.7. The summed E-state index contributed by atoms with van der Waals surface area (Å²) in [4.78, 5) is 12.1. The maximum Gasteiger partial charge on any atom is 0.220 e. The van der Waals surface area contributed by atoms with Gasteiger partial charge >= 0.3 is 0 Å². The summed E-state index contributed by atoms with van der Waals surface area (Å²) >= 11 is 0. The Morgan fingerprint density at radius 2 is 1.87 bits per heavy atom. The third-order valence-electron chi connectivity index (χ3n) is 4.36. The Hall–Kier alpha value is -1.46. The van der Waals surface area contributed by atoms with E-state index in [-0.39, 0.29) is 24.4 Å². The van der Waals surface area contributed by atoms with Gasteiger partial charge in [0, 0.05) is 18.5 Å². The molecule has 3 N–H and O–H groups in total. The minimum absolute atomic E-state index is 0. The fraction of sp³-hybridized carbons (Fsp3) is 0.588. The number of carbonyl (C=O) groups excluding carboxylic acids is 1. The van der Waals surface area contributed by atoms with Crippen LogP contribution >= 0.6 is 12.4 Å². The third kappa shape index (κ3) is 5.59. The topological polar surface area (TPSA) is 73.6 Å². The number of halogens is 1. The van der Waals surface area contributed by atoms with Crippen LogP contribution in [-0.4, -0.2) is 32.7 Å². The molecule has 0 aromatic heterocycles. The molecule has 2 unspecified atom stereocenters. The Labute approximate surface area is 144 Å². The van der Waals surface area contributed by atoms with Gasteiger partial charge in [0.05, 0.1) is 14.2 Å². The molecule has 1 aromatic rings. The van der Waals surface area contributed by atoms with Gasteiger partial charge in [0.15, 0.2) is 0 Å². The van der Waals surface area contributed by atoms with E-state index in [1.165, 1.54) is 0 Å². The van der Waals surface area contributed by atoms with Crippen LogP contribution in [-0.2, 0) is 11.2 Å². The zero-order chi connectivity index (χ0) is 15.9. The van der Waals surface area contributed by atoms with Gasteiger partial charge in [0.25, 0.3) is 0 Å². The van der Waals surface area contributed by atoms with Gasteiger partial charge < -0.3 is 20.5 Å². The predicted molar refractivity (Wildman–Crippen MR) is 93.4 cm³/mol. The number of amides is 1. The molecule has 130 valence electrons. The lowest BCUT2D eigenvalue weighted by Crippen LogP contribution is -2.39. The van der Waals surface area contributed by atoms with Crippen LogP contribution in [0.15, 0.2) is 18.2 Å².